The molecule has 0 spiro atoms. The van der Waals surface area contributed by atoms with Crippen LogP contribution in [0.25, 0.3) is 0 Å². The standard InChI is InChI=1S/C12H11ClFN3/c1-7-6-11(17-12(13)15-7)16-10-5-3-4-9(14)8(10)2/h3-6H,1-2H3,(H,15,16,17). The number of aromatic nitrogens is 2. The van der Waals surface area contributed by atoms with E-state index in [0.29, 0.717) is 17.1 Å². The van der Waals surface area contributed by atoms with Gasteiger partial charge in [0.25, 0.3) is 0 Å². The summed E-state index contributed by atoms with van der Waals surface area (Å²) in [6, 6.07) is 6.58. The van der Waals surface area contributed by atoms with Crippen LogP contribution in [0.15, 0.2) is 24.3 Å². The molecule has 0 fully saturated rings. The molecule has 0 atom stereocenters. The maximum absolute atomic E-state index is 13.3. The molecule has 0 saturated heterocycles. The van der Waals surface area contributed by atoms with Crippen LogP contribution in [0.5, 0.6) is 0 Å². The molecule has 0 aliphatic rings. The number of nitrogens with one attached hydrogen (secondary N) is 1. The third-order valence-electron chi connectivity index (χ3n) is 2.36. The van der Waals surface area contributed by atoms with E-state index >= 15 is 0 Å². The molecule has 1 aromatic heterocycles. The van der Waals surface area contributed by atoms with Gasteiger partial charge in [0.2, 0.25) is 5.28 Å². The summed E-state index contributed by atoms with van der Waals surface area (Å²) in [7, 11) is 0. The molecular formula is C12H11ClFN3. The van der Waals surface area contributed by atoms with Crippen LogP contribution < -0.4 is 5.32 Å². The largest absolute Gasteiger partial charge is 0.340 e. The van der Waals surface area contributed by atoms with Crippen LogP contribution in [0, 0.1) is 19.7 Å². The number of nitrogens with zero attached hydrogens (tertiary/aromatic N) is 2. The van der Waals surface area contributed by atoms with E-state index in [9.17, 15) is 4.39 Å². The van der Waals surface area contributed by atoms with Gasteiger partial charge in [0.15, 0.2) is 0 Å². The summed E-state index contributed by atoms with van der Waals surface area (Å²) in [5.74, 6) is 0.295. The second-order valence-corrected chi connectivity index (χ2v) is 4.04. The average Bonchev–Trinajstić information content (AvgIpc) is 2.23. The summed E-state index contributed by atoms with van der Waals surface area (Å²) in [6.45, 7) is 3.52. The molecule has 0 bridgehead atoms. The molecule has 2 rings (SSSR count). The number of hydrogen-bond donors (Lipinski definition) is 1. The number of benzene rings is 1. The second kappa shape index (κ2) is 4.67. The minimum Gasteiger partial charge on any atom is -0.340 e. The van der Waals surface area contributed by atoms with E-state index in [2.05, 4.69) is 15.3 Å². The fraction of sp³-hybridized carbons (Fsp3) is 0.167. The minimum absolute atomic E-state index is 0.168. The first-order valence-corrected chi connectivity index (χ1v) is 5.47. The number of aryl methyl sites for hydroxylation is 1. The summed E-state index contributed by atoms with van der Waals surface area (Å²) in [4.78, 5) is 7.98. The van der Waals surface area contributed by atoms with Gasteiger partial charge in [-0.3, -0.25) is 0 Å². The van der Waals surface area contributed by atoms with E-state index in [1.54, 1.807) is 25.1 Å². The highest BCUT2D eigenvalue weighted by Crippen LogP contribution is 2.22. The van der Waals surface area contributed by atoms with Gasteiger partial charge in [0, 0.05) is 23.0 Å². The Morgan fingerprint density at radius 1 is 1.24 bits per heavy atom. The summed E-state index contributed by atoms with van der Waals surface area (Å²) < 4.78 is 13.3. The first-order valence-electron chi connectivity index (χ1n) is 5.09. The van der Waals surface area contributed by atoms with Crippen LogP contribution in [0.2, 0.25) is 5.28 Å². The molecule has 2 aromatic rings. The molecule has 3 nitrogen and oxygen atoms in total. The highest BCUT2D eigenvalue weighted by Gasteiger charge is 2.05. The maximum Gasteiger partial charge on any atom is 0.224 e. The average molecular weight is 252 g/mol. The lowest BCUT2D eigenvalue weighted by Crippen LogP contribution is -1.99. The van der Waals surface area contributed by atoms with Crippen LogP contribution in [0.1, 0.15) is 11.3 Å². The van der Waals surface area contributed by atoms with Gasteiger partial charge < -0.3 is 5.32 Å². The molecule has 0 radical (unpaired) electrons. The Balaban J connectivity index is 2.34. The van der Waals surface area contributed by atoms with Gasteiger partial charge >= 0.3 is 0 Å². The first-order chi connectivity index (χ1) is 8.06. The Morgan fingerprint density at radius 3 is 2.71 bits per heavy atom. The van der Waals surface area contributed by atoms with Crippen LogP contribution in [0.3, 0.4) is 0 Å². The van der Waals surface area contributed by atoms with Gasteiger partial charge in [-0.1, -0.05) is 6.07 Å². The summed E-state index contributed by atoms with van der Waals surface area (Å²) in [5.41, 5.74) is 1.96. The lowest BCUT2D eigenvalue weighted by Gasteiger charge is -2.09. The molecule has 1 heterocycles. The van der Waals surface area contributed by atoms with E-state index in [1.165, 1.54) is 6.07 Å². The van der Waals surface area contributed by atoms with Crippen molar-refractivity contribution in [2.75, 3.05) is 5.32 Å². The minimum atomic E-state index is -0.258. The maximum atomic E-state index is 13.3. The summed E-state index contributed by atoms with van der Waals surface area (Å²) in [6.07, 6.45) is 0. The summed E-state index contributed by atoms with van der Waals surface area (Å²) in [5, 5.41) is 3.19. The van der Waals surface area contributed by atoms with E-state index in [0.717, 1.165) is 5.69 Å². The fourth-order valence-corrected chi connectivity index (χ4v) is 1.70. The van der Waals surface area contributed by atoms with Crippen LogP contribution in [-0.2, 0) is 0 Å². The molecule has 1 aromatic carbocycles. The predicted octanol–water partition coefficient (Wildman–Crippen LogP) is 3.63. The number of rotatable bonds is 2. The van der Waals surface area contributed by atoms with Crippen molar-refractivity contribution in [2.24, 2.45) is 0 Å². The Labute approximate surface area is 104 Å². The molecule has 17 heavy (non-hydrogen) atoms. The molecule has 0 aliphatic carbocycles. The van der Waals surface area contributed by atoms with Crippen molar-refractivity contribution in [3.63, 3.8) is 0 Å². The van der Waals surface area contributed by atoms with Gasteiger partial charge in [-0.25, -0.2) is 14.4 Å². The predicted molar refractivity (Wildman–Crippen MR) is 66.2 cm³/mol. The number of anilines is 2. The van der Waals surface area contributed by atoms with Crippen molar-refractivity contribution in [1.29, 1.82) is 0 Å². The van der Waals surface area contributed by atoms with E-state index in [-0.39, 0.29) is 11.1 Å². The number of hydrogen-bond acceptors (Lipinski definition) is 3. The van der Waals surface area contributed by atoms with Gasteiger partial charge in [0.1, 0.15) is 11.6 Å². The van der Waals surface area contributed by atoms with Crippen LogP contribution >= 0.6 is 11.6 Å². The molecule has 0 amide bonds. The number of halogens is 2. The van der Waals surface area contributed by atoms with Gasteiger partial charge in [0.05, 0.1) is 0 Å². The Kier molecular flexibility index (Phi) is 3.24. The van der Waals surface area contributed by atoms with E-state index in [4.69, 9.17) is 11.6 Å². The summed E-state index contributed by atoms with van der Waals surface area (Å²) >= 11 is 5.75. The van der Waals surface area contributed by atoms with Crippen molar-refractivity contribution >= 4 is 23.1 Å². The SMILES string of the molecule is Cc1cc(Nc2cccc(F)c2C)nc(Cl)n1. The van der Waals surface area contributed by atoms with E-state index in [1.807, 2.05) is 6.92 Å². The van der Waals surface area contributed by atoms with Crippen molar-refractivity contribution in [3.8, 4) is 0 Å². The lowest BCUT2D eigenvalue weighted by molar-refractivity contribution is 0.619. The van der Waals surface area contributed by atoms with Crippen LogP contribution in [0.4, 0.5) is 15.9 Å². The Morgan fingerprint density at radius 2 is 2.00 bits per heavy atom. The van der Waals surface area contributed by atoms with Gasteiger partial charge in [-0.15, -0.1) is 0 Å². The van der Waals surface area contributed by atoms with Crippen molar-refractivity contribution < 1.29 is 4.39 Å². The highest BCUT2D eigenvalue weighted by molar-refractivity contribution is 6.28. The molecular weight excluding hydrogens is 241 g/mol. The molecule has 1 N–H and O–H groups in total. The zero-order valence-electron chi connectivity index (χ0n) is 9.46. The zero-order chi connectivity index (χ0) is 12.4. The molecule has 0 aliphatic heterocycles. The van der Waals surface area contributed by atoms with Gasteiger partial charge in [-0.2, -0.15) is 0 Å². The molecule has 88 valence electrons. The topological polar surface area (TPSA) is 37.8 Å². The smallest absolute Gasteiger partial charge is 0.224 e. The molecule has 0 unspecified atom stereocenters. The van der Waals surface area contributed by atoms with Crippen molar-refractivity contribution in [3.05, 3.63) is 46.6 Å². The molecule has 0 saturated carbocycles. The fourth-order valence-electron chi connectivity index (χ4n) is 1.48. The quantitative estimate of drug-likeness (QED) is 0.829. The first kappa shape index (κ1) is 11.8. The second-order valence-electron chi connectivity index (χ2n) is 3.70. The Hall–Kier alpha value is -1.68. The third kappa shape index (κ3) is 2.71. The lowest BCUT2D eigenvalue weighted by atomic mass is 10.2. The highest BCUT2D eigenvalue weighted by atomic mass is 35.5. The normalized spacial score (nSPS) is 10.4. The molecule has 5 heteroatoms. The van der Waals surface area contributed by atoms with Crippen LogP contribution in [-0.4, -0.2) is 9.97 Å². The van der Waals surface area contributed by atoms with Crippen molar-refractivity contribution in [2.45, 2.75) is 13.8 Å². The monoisotopic (exact) mass is 251 g/mol. The third-order valence-corrected chi connectivity index (χ3v) is 2.53. The Bertz CT molecular complexity index is 537. The van der Waals surface area contributed by atoms with Crippen molar-refractivity contribution in [1.82, 2.24) is 9.97 Å². The zero-order valence-corrected chi connectivity index (χ0v) is 10.2. The van der Waals surface area contributed by atoms with Gasteiger partial charge in [-0.05, 0) is 37.6 Å². The van der Waals surface area contributed by atoms with E-state index < -0.39 is 0 Å².